The molecular weight excluding hydrogens is 277 g/mol. The van der Waals surface area contributed by atoms with Gasteiger partial charge in [-0.3, -0.25) is 4.57 Å². The van der Waals surface area contributed by atoms with Gasteiger partial charge < -0.3 is 9.84 Å². The molecular formula is C11H15ClNO4P. The topological polar surface area (TPSA) is 75.6 Å². The fourth-order valence-corrected chi connectivity index (χ4v) is 2.39. The van der Waals surface area contributed by atoms with Crippen LogP contribution < -0.4 is 5.09 Å². The van der Waals surface area contributed by atoms with E-state index in [1.54, 1.807) is 6.92 Å². The van der Waals surface area contributed by atoms with E-state index in [0.717, 1.165) is 0 Å². The zero-order valence-corrected chi connectivity index (χ0v) is 11.7. The average Bonchev–Trinajstić information content (AvgIpc) is 2.26. The van der Waals surface area contributed by atoms with Gasteiger partial charge in [-0.05, 0) is 35.9 Å². The Balaban J connectivity index is 3.00. The van der Waals surface area contributed by atoms with Gasteiger partial charge in [-0.25, -0.2) is 9.88 Å². The highest BCUT2D eigenvalue weighted by Gasteiger charge is 2.27. The van der Waals surface area contributed by atoms with E-state index >= 15 is 0 Å². The molecule has 18 heavy (non-hydrogen) atoms. The van der Waals surface area contributed by atoms with Gasteiger partial charge in [-0.1, -0.05) is 12.1 Å². The van der Waals surface area contributed by atoms with Crippen LogP contribution >= 0.6 is 17.9 Å². The Morgan fingerprint density at radius 1 is 1.50 bits per heavy atom. The number of hydrogen-bond donors (Lipinski definition) is 2. The Morgan fingerprint density at radius 3 is 2.50 bits per heavy atom. The fourth-order valence-electron chi connectivity index (χ4n) is 1.39. The van der Waals surface area contributed by atoms with Gasteiger partial charge in [0.25, 0.3) is 0 Å². The van der Waals surface area contributed by atoms with E-state index in [4.69, 9.17) is 16.0 Å². The summed E-state index contributed by atoms with van der Waals surface area (Å²) in [5.74, 6) is -0.488. The summed E-state index contributed by atoms with van der Waals surface area (Å²) < 4.78 is 16.5. The minimum absolute atomic E-state index is 0.0758. The molecule has 0 saturated heterocycles. The Bertz CT molecular complexity index is 457. The van der Waals surface area contributed by atoms with E-state index in [1.165, 1.54) is 30.9 Å². The van der Waals surface area contributed by atoms with Gasteiger partial charge in [0.1, 0.15) is 11.8 Å². The van der Waals surface area contributed by atoms with Crippen molar-refractivity contribution in [2.45, 2.75) is 13.0 Å². The van der Waals surface area contributed by atoms with Crippen LogP contribution in [0.2, 0.25) is 0 Å². The van der Waals surface area contributed by atoms with Crippen molar-refractivity contribution < 1.29 is 19.2 Å². The first-order chi connectivity index (χ1) is 8.33. The van der Waals surface area contributed by atoms with Crippen LogP contribution in [-0.4, -0.2) is 24.3 Å². The number of hydrogen-bond acceptors (Lipinski definition) is 4. The predicted octanol–water partition coefficient (Wildman–Crippen LogP) is 2.65. The molecule has 5 nitrogen and oxygen atoms in total. The molecule has 0 aliphatic carbocycles. The van der Waals surface area contributed by atoms with E-state index in [9.17, 15) is 14.5 Å². The van der Waals surface area contributed by atoms with Crippen molar-refractivity contribution in [3.8, 4) is 5.75 Å². The average molecular weight is 292 g/mol. The highest BCUT2D eigenvalue weighted by Crippen LogP contribution is 2.44. The first kappa shape index (κ1) is 15.0. The van der Waals surface area contributed by atoms with Crippen LogP contribution in [0.4, 0.5) is 0 Å². The number of nitrogens with one attached hydrogen (secondary N) is 1. The maximum Gasteiger partial charge on any atom is 0.328 e. The van der Waals surface area contributed by atoms with Crippen LogP contribution in [0.15, 0.2) is 24.3 Å². The highest BCUT2D eigenvalue weighted by atomic mass is 35.7. The van der Waals surface area contributed by atoms with Crippen LogP contribution in [0.3, 0.4) is 0 Å². The lowest BCUT2D eigenvalue weighted by Crippen LogP contribution is -2.27. The second-order valence-electron chi connectivity index (χ2n) is 3.73. The molecule has 0 saturated carbocycles. The van der Waals surface area contributed by atoms with E-state index in [-0.39, 0.29) is 12.4 Å². The number of esters is 1. The molecule has 2 atom stereocenters. The third-order valence-corrected chi connectivity index (χ3v) is 3.12. The summed E-state index contributed by atoms with van der Waals surface area (Å²) >= 11 is 5.64. The van der Waals surface area contributed by atoms with Crippen molar-refractivity contribution in [2.75, 3.05) is 13.3 Å². The zero-order chi connectivity index (χ0) is 13.8. The number of phenols is 1. The molecule has 2 N–H and O–H groups in total. The number of carbonyl (C=O) groups excluding carboxylic acids is 1. The lowest BCUT2D eigenvalue weighted by Gasteiger charge is -2.19. The number of rotatable bonds is 5. The van der Waals surface area contributed by atoms with Gasteiger partial charge in [-0.15, -0.1) is 0 Å². The molecule has 1 aromatic carbocycles. The van der Waals surface area contributed by atoms with Crippen LogP contribution in [-0.2, 0) is 14.1 Å². The molecule has 1 rings (SSSR count). The van der Waals surface area contributed by atoms with Gasteiger partial charge in [0.15, 0.2) is 0 Å². The summed E-state index contributed by atoms with van der Waals surface area (Å²) in [5, 5.41) is 11.7. The lowest BCUT2D eigenvalue weighted by atomic mass is 10.1. The SMILES string of the molecule is CCOC(=O)C(NP(C)(=O)Cl)c1ccc(O)cc1. The summed E-state index contributed by atoms with van der Waals surface area (Å²) in [5.41, 5.74) is 0.522. The fraction of sp³-hybridized carbons (Fsp3) is 0.364. The second-order valence-corrected chi connectivity index (χ2v) is 7.56. The largest absolute Gasteiger partial charge is 0.508 e. The van der Waals surface area contributed by atoms with Crippen molar-refractivity contribution in [3.63, 3.8) is 0 Å². The molecule has 0 aliphatic rings. The third kappa shape index (κ3) is 4.69. The van der Waals surface area contributed by atoms with E-state index in [2.05, 4.69) is 5.09 Å². The molecule has 0 spiro atoms. The minimum Gasteiger partial charge on any atom is -0.508 e. The smallest absolute Gasteiger partial charge is 0.328 e. The molecule has 7 heteroatoms. The van der Waals surface area contributed by atoms with Crippen molar-refractivity contribution in [3.05, 3.63) is 29.8 Å². The molecule has 100 valence electrons. The van der Waals surface area contributed by atoms with Crippen LogP contribution in [0.5, 0.6) is 5.75 Å². The normalized spacial score (nSPS) is 15.7. The summed E-state index contributed by atoms with van der Waals surface area (Å²) in [4.78, 5) is 11.8. The van der Waals surface area contributed by atoms with Crippen LogP contribution in [0.25, 0.3) is 0 Å². The van der Waals surface area contributed by atoms with Crippen molar-refractivity contribution in [1.82, 2.24) is 5.09 Å². The van der Waals surface area contributed by atoms with Crippen LogP contribution in [0, 0.1) is 0 Å². The first-order valence-corrected chi connectivity index (χ1v) is 8.40. The summed E-state index contributed by atoms with van der Waals surface area (Å²) in [7, 11) is 0. The van der Waals surface area contributed by atoms with Gasteiger partial charge in [0.05, 0.1) is 6.61 Å². The molecule has 0 fully saturated rings. The maximum absolute atomic E-state index is 11.8. The van der Waals surface area contributed by atoms with E-state index in [0.29, 0.717) is 5.56 Å². The Labute approximate surface area is 110 Å². The minimum atomic E-state index is -3.12. The molecule has 0 heterocycles. The summed E-state index contributed by atoms with van der Waals surface area (Å²) in [6, 6.07) is 5.02. The predicted molar refractivity (Wildman–Crippen MR) is 70.0 cm³/mol. The standard InChI is InChI=1S/C11H15ClNO4P/c1-3-17-11(15)10(13-18(2,12)16)8-4-6-9(14)7-5-8/h4-7,10,14H,3H2,1-2H3,(H,13,16). The Morgan fingerprint density at radius 2 is 2.06 bits per heavy atom. The molecule has 0 aliphatic heterocycles. The first-order valence-electron chi connectivity index (χ1n) is 5.34. The zero-order valence-electron chi connectivity index (χ0n) is 10.1. The third-order valence-electron chi connectivity index (χ3n) is 2.11. The van der Waals surface area contributed by atoms with Crippen molar-refractivity contribution in [2.24, 2.45) is 0 Å². The number of benzene rings is 1. The summed E-state index contributed by atoms with van der Waals surface area (Å²) in [6.45, 7) is 0.0812. The second kappa shape index (κ2) is 6.23. The lowest BCUT2D eigenvalue weighted by molar-refractivity contribution is -0.145. The summed E-state index contributed by atoms with van der Waals surface area (Å²) in [6.07, 6.45) is 0. The van der Waals surface area contributed by atoms with Gasteiger partial charge >= 0.3 is 5.97 Å². The molecule has 0 bridgehead atoms. The van der Waals surface area contributed by atoms with E-state index < -0.39 is 18.7 Å². The van der Waals surface area contributed by atoms with E-state index in [1.807, 2.05) is 0 Å². The number of ether oxygens (including phenoxy) is 1. The van der Waals surface area contributed by atoms with Gasteiger partial charge in [0, 0.05) is 6.66 Å². The molecule has 1 aromatic rings. The number of aromatic hydroxyl groups is 1. The highest BCUT2D eigenvalue weighted by molar-refractivity contribution is 7.87. The quantitative estimate of drug-likeness (QED) is 0.644. The van der Waals surface area contributed by atoms with Gasteiger partial charge in [0.2, 0.25) is 6.65 Å². The van der Waals surface area contributed by atoms with Crippen molar-refractivity contribution >= 4 is 23.9 Å². The van der Waals surface area contributed by atoms with Gasteiger partial charge in [-0.2, -0.15) is 0 Å². The molecule has 0 aromatic heterocycles. The Kier molecular flexibility index (Phi) is 5.20. The molecule has 0 radical (unpaired) electrons. The molecule has 2 unspecified atom stereocenters. The van der Waals surface area contributed by atoms with Crippen LogP contribution in [0.1, 0.15) is 18.5 Å². The number of carbonyl (C=O) groups is 1. The van der Waals surface area contributed by atoms with Crippen molar-refractivity contribution in [1.29, 1.82) is 0 Å². The molecule has 0 amide bonds. The maximum atomic E-state index is 11.8. The monoisotopic (exact) mass is 291 g/mol. The number of halogens is 1. The number of phenolic OH excluding ortho intramolecular Hbond substituents is 1. The Hall–Kier alpha value is -1.03.